The van der Waals surface area contributed by atoms with E-state index in [0.29, 0.717) is 16.8 Å². The molecule has 0 radical (unpaired) electrons. The predicted molar refractivity (Wildman–Crippen MR) is 107 cm³/mol. The van der Waals surface area contributed by atoms with Crippen molar-refractivity contribution in [3.8, 4) is 11.4 Å². The number of ether oxygens (including phenoxy) is 2. The summed E-state index contributed by atoms with van der Waals surface area (Å²) in [7, 11) is 0. The van der Waals surface area contributed by atoms with Gasteiger partial charge in [0.05, 0.1) is 23.0 Å². The van der Waals surface area contributed by atoms with Crippen LogP contribution in [0.5, 0.6) is 5.75 Å². The number of esters is 2. The molecule has 0 amide bonds. The molecule has 6 heteroatoms. The van der Waals surface area contributed by atoms with Gasteiger partial charge in [0.1, 0.15) is 5.75 Å². The second-order valence-electron chi connectivity index (χ2n) is 6.11. The standard InChI is InChI=1S/C21H20BrNO4/c1-4-26-21(25)11-16-13(2)23(15-8-6-5-7-9-15)19-12-20(27-14(3)24)18(22)10-17(16)19/h5-10,12H,4,11H2,1-3H3. The number of carbonyl (C=O) groups excluding carboxylic acids is 2. The van der Waals surface area contributed by atoms with Gasteiger partial charge >= 0.3 is 11.9 Å². The lowest BCUT2D eigenvalue weighted by Gasteiger charge is -2.10. The van der Waals surface area contributed by atoms with Gasteiger partial charge in [-0.3, -0.25) is 9.59 Å². The molecule has 1 aromatic heterocycles. The summed E-state index contributed by atoms with van der Waals surface area (Å²) in [5.74, 6) is -0.225. The smallest absolute Gasteiger partial charge is 0.310 e. The van der Waals surface area contributed by atoms with E-state index in [1.165, 1.54) is 6.92 Å². The second-order valence-corrected chi connectivity index (χ2v) is 6.96. The third-order valence-electron chi connectivity index (χ3n) is 4.28. The van der Waals surface area contributed by atoms with Crippen molar-refractivity contribution in [3.63, 3.8) is 0 Å². The van der Waals surface area contributed by atoms with Crippen LogP contribution in [0.2, 0.25) is 0 Å². The Morgan fingerprint density at radius 3 is 2.48 bits per heavy atom. The highest BCUT2D eigenvalue weighted by Crippen LogP contribution is 2.37. The van der Waals surface area contributed by atoms with Gasteiger partial charge in [-0.05, 0) is 53.5 Å². The Bertz CT molecular complexity index is 1010. The van der Waals surface area contributed by atoms with Crippen molar-refractivity contribution in [1.82, 2.24) is 4.57 Å². The minimum absolute atomic E-state index is 0.176. The first-order chi connectivity index (χ1) is 12.9. The lowest BCUT2D eigenvalue weighted by atomic mass is 10.1. The number of nitrogens with zero attached hydrogens (tertiary/aromatic N) is 1. The lowest BCUT2D eigenvalue weighted by molar-refractivity contribution is -0.142. The minimum atomic E-state index is -0.392. The molecule has 27 heavy (non-hydrogen) atoms. The van der Waals surface area contributed by atoms with Gasteiger partial charge in [-0.25, -0.2) is 0 Å². The van der Waals surface area contributed by atoms with Crippen LogP contribution in [0.15, 0.2) is 46.9 Å². The van der Waals surface area contributed by atoms with Gasteiger partial charge in [0, 0.05) is 29.8 Å². The summed E-state index contributed by atoms with van der Waals surface area (Å²) in [5, 5.41) is 0.909. The largest absolute Gasteiger partial charge is 0.466 e. The van der Waals surface area contributed by atoms with Gasteiger partial charge in [-0.15, -0.1) is 0 Å². The fourth-order valence-corrected chi connectivity index (χ4v) is 3.63. The van der Waals surface area contributed by atoms with Crippen LogP contribution in [0.4, 0.5) is 0 Å². The topological polar surface area (TPSA) is 57.5 Å². The first kappa shape index (κ1) is 19.2. The van der Waals surface area contributed by atoms with Crippen molar-refractivity contribution in [2.45, 2.75) is 27.2 Å². The van der Waals surface area contributed by atoms with E-state index in [9.17, 15) is 9.59 Å². The zero-order chi connectivity index (χ0) is 19.6. The van der Waals surface area contributed by atoms with Gasteiger partial charge in [0.2, 0.25) is 0 Å². The van der Waals surface area contributed by atoms with E-state index in [4.69, 9.17) is 9.47 Å². The van der Waals surface area contributed by atoms with Crippen molar-refractivity contribution in [2.75, 3.05) is 6.61 Å². The molecule has 0 N–H and O–H groups in total. The Kier molecular flexibility index (Phi) is 5.65. The number of benzene rings is 2. The first-order valence-electron chi connectivity index (χ1n) is 8.65. The van der Waals surface area contributed by atoms with Crippen LogP contribution in [-0.4, -0.2) is 23.1 Å². The Labute approximate surface area is 166 Å². The molecule has 0 unspecified atom stereocenters. The van der Waals surface area contributed by atoms with Crippen molar-refractivity contribution < 1.29 is 19.1 Å². The van der Waals surface area contributed by atoms with Crippen LogP contribution >= 0.6 is 15.9 Å². The van der Waals surface area contributed by atoms with Crippen molar-refractivity contribution in [1.29, 1.82) is 0 Å². The Morgan fingerprint density at radius 1 is 1.15 bits per heavy atom. The summed E-state index contributed by atoms with van der Waals surface area (Å²) in [4.78, 5) is 23.6. The molecule has 5 nitrogen and oxygen atoms in total. The average Bonchev–Trinajstić information content (AvgIpc) is 2.87. The molecule has 0 aliphatic rings. The Morgan fingerprint density at radius 2 is 1.85 bits per heavy atom. The minimum Gasteiger partial charge on any atom is -0.466 e. The normalized spacial score (nSPS) is 10.8. The van der Waals surface area contributed by atoms with Gasteiger partial charge in [0.25, 0.3) is 0 Å². The average molecular weight is 430 g/mol. The molecule has 3 aromatic rings. The maximum Gasteiger partial charge on any atom is 0.310 e. The van der Waals surface area contributed by atoms with E-state index >= 15 is 0 Å². The van der Waals surface area contributed by atoms with Crippen LogP contribution in [-0.2, 0) is 20.7 Å². The lowest BCUT2D eigenvalue weighted by Crippen LogP contribution is -2.08. The fourth-order valence-electron chi connectivity index (χ4n) is 3.20. The van der Waals surface area contributed by atoms with E-state index in [2.05, 4.69) is 20.5 Å². The molecule has 0 fully saturated rings. The molecule has 140 valence electrons. The predicted octanol–water partition coefficient (Wildman–Crippen LogP) is 4.73. The monoisotopic (exact) mass is 429 g/mol. The number of hydrogen-bond donors (Lipinski definition) is 0. The van der Waals surface area contributed by atoms with E-state index in [0.717, 1.165) is 27.8 Å². The number of aromatic nitrogens is 1. The summed E-state index contributed by atoms with van der Waals surface area (Å²) in [6.07, 6.45) is 0.176. The van der Waals surface area contributed by atoms with Crippen molar-refractivity contribution >= 4 is 38.8 Å². The zero-order valence-electron chi connectivity index (χ0n) is 15.4. The van der Waals surface area contributed by atoms with Crippen LogP contribution in [0.1, 0.15) is 25.1 Å². The van der Waals surface area contributed by atoms with Crippen molar-refractivity contribution in [2.24, 2.45) is 0 Å². The third kappa shape index (κ3) is 3.90. The summed E-state index contributed by atoms with van der Waals surface area (Å²) in [5.41, 5.74) is 3.65. The number of carbonyl (C=O) groups is 2. The Hall–Kier alpha value is -2.60. The number of halogens is 1. The summed E-state index contributed by atoms with van der Waals surface area (Å²) in [6.45, 7) is 5.47. The maximum absolute atomic E-state index is 12.1. The molecule has 0 aliphatic heterocycles. The summed E-state index contributed by atoms with van der Waals surface area (Å²) >= 11 is 3.46. The molecule has 0 spiro atoms. The van der Waals surface area contributed by atoms with Gasteiger partial charge in [0.15, 0.2) is 0 Å². The molecule has 0 saturated heterocycles. The highest BCUT2D eigenvalue weighted by Gasteiger charge is 2.20. The van der Waals surface area contributed by atoms with E-state index in [1.54, 1.807) is 6.92 Å². The van der Waals surface area contributed by atoms with Crippen LogP contribution in [0.25, 0.3) is 16.6 Å². The molecule has 2 aromatic carbocycles. The van der Waals surface area contributed by atoms with Gasteiger partial charge in [-0.1, -0.05) is 18.2 Å². The third-order valence-corrected chi connectivity index (χ3v) is 4.90. The van der Waals surface area contributed by atoms with Crippen LogP contribution in [0, 0.1) is 6.92 Å². The SMILES string of the molecule is CCOC(=O)Cc1c(C)n(-c2ccccc2)c2cc(OC(C)=O)c(Br)cc12. The number of para-hydroxylation sites is 1. The number of hydrogen-bond acceptors (Lipinski definition) is 4. The second kappa shape index (κ2) is 7.96. The van der Waals surface area contributed by atoms with Gasteiger partial charge in [-0.2, -0.15) is 0 Å². The first-order valence-corrected chi connectivity index (χ1v) is 9.44. The highest BCUT2D eigenvalue weighted by molar-refractivity contribution is 9.10. The van der Waals surface area contributed by atoms with Gasteiger partial charge < -0.3 is 14.0 Å². The van der Waals surface area contributed by atoms with E-state index in [1.807, 2.05) is 49.4 Å². The molecule has 0 bridgehead atoms. The summed E-state index contributed by atoms with van der Waals surface area (Å²) < 4.78 is 13.2. The molecular weight excluding hydrogens is 410 g/mol. The molecular formula is C21H20BrNO4. The number of rotatable bonds is 5. The Balaban J connectivity index is 2.26. The quantitative estimate of drug-likeness (QED) is 0.434. The molecule has 0 atom stereocenters. The maximum atomic E-state index is 12.1. The molecule has 1 heterocycles. The zero-order valence-corrected chi connectivity index (χ0v) is 17.0. The van der Waals surface area contributed by atoms with E-state index < -0.39 is 5.97 Å². The fraction of sp³-hybridized carbons (Fsp3) is 0.238. The van der Waals surface area contributed by atoms with Crippen LogP contribution < -0.4 is 4.74 Å². The number of fused-ring (bicyclic) bond motifs is 1. The molecule has 0 saturated carbocycles. The summed E-state index contributed by atoms with van der Waals surface area (Å²) in [6, 6.07) is 13.5. The molecule has 3 rings (SSSR count). The van der Waals surface area contributed by atoms with E-state index in [-0.39, 0.29) is 12.4 Å². The highest BCUT2D eigenvalue weighted by atomic mass is 79.9. The van der Waals surface area contributed by atoms with Crippen molar-refractivity contribution in [3.05, 3.63) is 58.2 Å². The molecule has 0 aliphatic carbocycles. The van der Waals surface area contributed by atoms with Crippen LogP contribution in [0.3, 0.4) is 0 Å².